The maximum atomic E-state index is 13.7. The van der Waals surface area contributed by atoms with Crippen LogP contribution in [0.2, 0.25) is 5.02 Å². The predicted octanol–water partition coefficient (Wildman–Crippen LogP) is 2.85. The van der Waals surface area contributed by atoms with Gasteiger partial charge in [-0.25, -0.2) is 4.39 Å². The van der Waals surface area contributed by atoms with E-state index in [1.165, 1.54) is 18.2 Å². The van der Waals surface area contributed by atoms with Crippen molar-refractivity contribution in [1.82, 2.24) is 5.32 Å². The van der Waals surface area contributed by atoms with Gasteiger partial charge >= 0.3 is 5.97 Å². The number of carbonyl (C=O) groups is 2. The molecule has 4 nitrogen and oxygen atoms in total. The van der Waals surface area contributed by atoms with E-state index >= 15 is 0 Å². The highest BCUT2D eigenvalue weighted by atomic mass is 35.5. The summed E-state index contributed by atoms with van der Waals surface area (Å²) >= 11 is 5.63. The lowest BCUT2D eigenvalue weighted by molar-refractivity contribution is -0.142. The van der Waals surface area contributed by atoms with Crippen molar-refractivity contribution in [3.63, 3.8) is 0 Å². The highest BCUT2D eigenvalue weighted by Gasteiger charge is 2.27. The number of hydrogen-bond acceptors (Lipinski definition) is 2. The summed E-state index contributed by atoms with van der Waals surface area (Å²) in [6.45, 7) is 0. The van der Waals surface area contributed by atoms with Crippen LogP contribution in [0.3, 0.4) is 0 Å². The summed E-state index contributed by atoms with van der Waals surface area (Å²) in [5.74, 6) is -2.38. The van der Waals surface area contributed by atoms with E-state index in [2.05, 4.69) is 5.32 Å². The average Bonchev–Trinajstić information content (AvgIpc) is 2.42. The van der Waals surface area contributed by atoms with Gasteiger partial charge in [-0.1, -0.05) is 17.7 Å². The Bertz CT molecular complexity index is 527. The van der Waals surface area contributed by atoms with Crippen molar-refractivity contribution < 1.29 is 19.1 Å². The zero-order valence-electron chi connectivity index (χ0n) is 10.7. The molecule has 0 unspecified atom stereocenters. The van der Waals surface area contributed by atoms with E-state index in [9.17, 15) is 14.0 Å². The van der Waals surface area contributed by atoms with E-state index < -0.39 is 17.7 Å². The molecule has 1 fully saturated rings. The molecule has 20 heavy (non-hydrogen) atoms. The van der Waals surface area contributed by atoms with E-state index in [4.69, 9.17) is 16.7 Å². The number of aliphatic carboxylic acids is 1. The first-order valence-electron chi connectivity index (χ1n) is 6.46. The summed E-state index contributed by atoms with van der Waals surface area (Å²) in [7, 11) is 0. The SMILES string of the molecule is O=C(NC1CCC(C(=O)O)CC1)c1cccc(Cl)c1F. The third-order valence-corrected chi connectivity index (χ3v) is 3.90. The molecule has 0 bridgehead atoms. The third kappa shape index (κ3) is 3.28. The summed E-state index contributed by atoms with van der Waals surface area (Å²) in [5.41, 5.74) is -0.0853. The first-order valence-corrected chi connectivity index (χ1v) is 6.84. The lowest BCUT2D eigenvalue weighted by Gasteiger charge is -2.26. The van der Waals surface area contributed by atoms with Crippen LogP contribution in [-0.2, 0) is 4.79 Å². The van der Waals surface area contributed by atoms with Crippen LogP contribution in [0.1, 0.15) is 36.0 Å². The van der Waals surface area contributed by atoms with Gasteiger partial charge in [-0.3, -0.25) is 9.59 Å². The minimum Gasteiger partial charge on any atom is -0.481 e. The number of rotatable bonds is 3. The Morgan fingerprint density at radius 2 is 1.90 bits per heavy atom. The van der Waals surface area contributed by atoms with E-state index in [1.54, 1.807) is 0 Å². The fraction of sp³-hybridized carbons (Fsp3) is 0.429. The van der Waals surface area contributed by atoms with Crippen molar-refractivity contribution >= 4 is 23.5 Å². The maximum Gasteiger partial charge on any atom is 0.306 e. The van der Waals surface area contributed by atoms with Gasteiger partial charge in [0.2, 0.25) is 0 Å². The third-order valence-electron chi connectivity index (χ3n) is 3.61. The molecule has 1 aromatic carbocycles. The second-order valence-corrected chi connectivity index (χ2v) is 5.37. The molecule has 0 heterocycles. The van der Waals surface area contributed by atoms with Gasteiger partial charge in [0.15, 0.2) is 5.82 Å². The molecular weight excluding hydrogens is 285 g/mol. The fourth-order valence-electron chi connectivity index (χ4n) is 2.43. The summed E-state index contributed by atoms with van der Waals surface area (Å²) in [5, 5.41) is 11.5. The predicted molar refractivity (Wildman–Crippen MR) is 72.3 cm³/mol. The molecule has 0 aromatic heterocycles. The Morgan fingerprint density at radius 1 is 1.25 bits per heavy atom. The van der Waals surface area contributed by atoms with Gasteiger partial charge in [0.25, 0.3) is 5.91 Å². The average molecular weight is 300 g/mol. The lowest BCUT2D eigenvalue weighted by Crippen LogP contribution is -2.39. The van der Waals surface area contributed by atoms with Crippen LogP contribution >= 0.6 is 11.6 Å². The molecule has 0 atom stereocenters. The van der Waals surface area contributed by atoms with Gasteiger partial charge < -0.3 is 10.4 Å². The normalized spacial score (nSPS) is 22.3. The molecule has 108 valence electrons. The van der Waals surface area contributed by atoms with Crippen LogP contribution in [0.5, 0.6) is 0 Å². The molecule has 2 N–H and O–H groups in total. The zero-order valence-corrected chi connectivity index (χ0v) is 11.5. The number of benzene rings is 1. The van der Waals surface area contributed by atoms with Crippen LogP contribution < -0.4 is 5.32 Å². The van der Waals surface area contributed by atoms with Crippen molar-refractivity contribution in [2.75, 3.05) is 0 Å². The molecule has 0 spiro atoms. The van der Waals surface area contributed by atoms with Crippen molar-refractivity contribution in [3.05, 3.63) is 34.6 Å². The minimum atomic E-state index is -0.796. The summed E-state index contributed by atoms with van der Waals surface area (Å²) in [6, 6.07) is 4.16. The molecule has 1 aliphatic carbocycles. The van der Waals surface area contributed by atoms with E-state index in [1.807, 2.05) is 0 Å². The summed E-state index contributed by atoms with van der Waals surface area (Å²) in [4.78, 5) is 22.8. The number of carboxylic acid groups (broad SMARTS) is 1. The van der Waals surface area contributed by atoms with Crippen molar-refractivity contribution in [2.24, 2.45) is 5.92 Å². The Hall–Kier alpha value is -1.62. The Labute approximate surface area is 120 Å². The molecule has 1 aromatic rings. The first-order chi connectivity index (χ1) is 9.49. The van der Waals surface area contributed by atoms with Crippen LogP contribution in [0, 0.1) is 11.7 Å². The van der Waals surface area contributed by atoms with Crippen LogP contribution in [0.15, 0.2) is 18.2 Å². The fourth-order valence-corrected chi connectivity index (χ4v) is 2.60. The van der Waals surface area contributed by atoms with E-state index in [-0.39, 0.29) is 22.5 Å². The molecule has 2 rings (SSSR count). The number of nitrogens with one attached hydrogen (secondary N) is 1. The molecule has 0 saturated heterocycles. The van der Waals surface area contributed by atoms with Crippen LogP contribution in [0.4, 0.5) is 4.39 Å². The monoisotopic (exact) mass is 299 g/mol. The number of hydrogen-bond donors (Lipinski definition) is 2. The van der Waals surface area contributed by atoms with Crippen molar-refractivity contribution in [3.8, 4) is 0 Å². The Morgan fingerprint density at radius 3 is 2.50 bits per heavy atom. The number of amides is 1. The van der Waals surface area contributed by atoms with Crippen LogP contribution in [0.25, 0.3) is 0 Å². The summed E-state index contributed by atoms with van der Waals surface area (Å²) in [6.07, 6.45) is 2.23. The van der Waals surface area contributed by atoms with Gasteiger partial charge in [0.05, 0.1) is 16.5 Å². The van der Waals surface area contributed by atoms with Gasteiger partial charge in [-0.15, -0.1) is 0 Å². The standard InChI is InChI=1S/C14H15ClFNO3/c15-11-3-1-2-10(12(11)16)13(18)17-9-6-4-8(5-7-9)14(19)20/h1-3,8-9H,4-7H2,(H,17,18)(H,19,20). The highest BCUT2D eigenvalue weighted by Crippen LogP contribution is 2.25. The Kier molecular flexibility index (Phi) is 4.60. The second kappa shape index (κ2) is 6.22. The minimum absolute atomic E-state index is 0.0853. The largest absolute Gasteiger partial charge is 0.481 e. The Balaban J connectivity index is 1.96. The molecule has 1 aliphatic rings. The highest BCUT2D eigenvalue weighted by molar-refractivity contribution is 6.31. The zero-order chi connectivity index (χ0) is 14.7. The topological polar surface area (TPSA) is 66.4 Å². The van der Waals surface area contributed by atoms with E-state index in [0.717, 1.165) is 0 Å². The van der Waals surface area contributed by atoms with E-state index in [0.29, 0.717) is 25.7 Å². The molecule has 1 amide bonds. The first kappa shape index (κ1) is 14.8. The smallest absolute Gasteiger partial charge is 0.306 e. The number of halogens is 2. The van der Waals surface area contributed by atoms with Crippen molar-refractivity contribution in [1.29, 1.82) is 0 Å². The summed E-state index contributed by atoms with van der Waals surface area (Å²) < 4.78 is 13.7. The lowest BCUT2D eigenvalue weighted by atomic mass is 9.86. The molecule has 0 radical (unpaired) electrons. The van der Waals surface area contributed by atoms with Gasteiger partial charge in [-0.2, -0.15) is 0 Å². The molecular formula is C14H15ClFNO3. The molecule has 6 heteroatoms. The number of carbonyl (C=O) groups excluding carboxylic acids is 1. The van der Waals surface area contributed by atoms with Gasteiger partial charge in [0, 0.05) is 6.04 Å². The molecule has 0 aliphatic heterocycles. The van der Waals surface area contributed by atoms with Crippen LogP contribution in [-0.4, -0.2) is 23.0 Å². The maximum absolute atomic E-state index is 13.7. The van der Waals surface area contributed by atoms with Crippen molar-refractivity contribution in [2.45, 2.75) is 31.7 Å². The quantitative estimate of drug-likeness (QED) is 0.902. The van der Waals surface area contributed by atoms with Gasteiger partial charge in [-0.05, 0) is 37.8 Å². The number of carboxylic acids is 1. The molecule has 1 saturated carbocycles. The second-order valence-electron chi connectivity index (χ2n) is 4.96. The van der Waals surface area contributed by atoms with Gasteiger partial charge in [0.1, 0.15) is 0 Å².